The third-order valence-corrected chi connectivity index (χ3v) is 2.49. The first-order valence-corrected chi connectivity index (χ1v) is 4.86. The Kier molecular flexibility index (Phi) is 1.76. The fourth-order valence-electron chi connectivity index (χ4n) is 1.51. The second-order valence-corrected chi connectivity index (χ2v) is 3.53. The van der Waals surface area contributed by atoms with E-state index in [1.54, 1.807) is 6.20 Å². The van der Waals surface area contributed by atoms with E-state index in [4.69, 9.17) is 11.6 Å². The molecule has 0 radical (unpaired) electrons. The fourth-order valence-corrected chi connectivity index (χ4v) is 1.71. The summed E-state index contributed by atoms with van der Waals surface area (Å²) in [6.45, 7) is 0. The topological polar surface area (TPSA) is 57.4 Å². The van der Waals surface area contributed by atoms with E-state index in [-0.39, 0.29) is 0 Å². The van der Waals surface area contributed by atoms with Gasteiger partial charge in [-0.25, -0.2) is 9.97 Å². The van der Waals surface area contributed by atoms with Crippen LogP contribution in [0.2, 0.25) is 5.15 Å². The molecule has 3 aromatic rings. The number of fused-ring (bicyclic) bond motifs is 1. The van der Waals surface area contributed by atoms with Crippen molar-refractivity contribution in [2.45, 2.75) is 0 Å². The number of hydrogen-bond acceptors (Lipinski definition) is 2. The average molecular weight is 219 g/mol. The number of halogens is 1. The summed E-state index contributed by atoms with van der Waals surface area (Å²) < 4.78 is 0. The van der Waals surface area contributed by atoms with Crippen molar-refractivity contribution in [2.24, 2.45) is 0 Å². The monoisotopic (exact) mass is 218 g/mol. The molecule has 0 amide bonds. The molecule has 0 aliphatic heterocycles. The first kappa shape index (κ1) is 8.49. The van der Waals surface area contributed by atoms with Crippen LogP contribution in [0.5, 0.6) is 0 Å². The number of rotatable bonds is 1. The van der Waals surface area contributed by atoms with E-state index in [2.05, 4.69) is 19.9 Å². The van der Waals surface area contributed by atoms with E-state index in [1.807, 2.05) is 24.4 Å². The third-order valence-electron chi connectivity index (χ3n) is 2.21. The lowest BCUT2D eigenvalue weighted by Gasteiger charge is -1.87. The Bertz CT molecular complexity index is 597. The Hall–Kier alpha value is -1.81. The molecule has 4 nitrogen and oxygen atoms in total. The lowest BCUT2D eigenvalue weighted by Crippen LogP contribution is -1.78. The molecular formula is C10H7ClN4. The second-order valence-electron chi connectivity index (χ2n) is 3.17. The van der Waals surface area contributed by atoms with Crippen LogP contribution in [-0.4, -0.2) is 19.9 Å². The van der Waals surface area contributed by atoms with Gasteiger partial charge < -0.3 is 9.97 Å². The number of imidazole rings is 1. The quantitative estimate of drug-likeness (QED) is 0.617. The fraction of sp³-hybridized carbons (Fsp3) is 0. The van der Waals surface area contributed by atoms with Gasteiger partial charge in [0.25, 0.3) is 0 Å². The molecule has 0 atom stereocenters. The summed E-state index contributed by atoms with van der Waals surface area (Å²) in [5, 5.41) is 0.418. The standard InChI is InChI=1S/C10H7ClN4/c11-9-8-6(3-5-13-9)14-10(15-8)7-2-1-4-12-7/h1-5,12H,(H,14,15). The van der Waals surface area contributed by atoms with Crippen molar-refractivity contribution >= 4 is 22.6 Å². The molecule has 3 rings (SSSR count). The molecule has 0 aliphatic rings. The molecule has 0 saturated carbocycles. The largest absolute Gasteiger partial charge is 0.359 e. The van der Waals surface area contributed by atoms with Gasteiger partial charge >= 0.3 is 0 Å². The van der Waals surface area contributed by atoms with Crippen LogP contribution in [0.4, 0.5) is 0 Å². The van der Waals surface area contributed by atoms with Crippen molar-refractivity contribution in [1.29, 1.82) is 0 Å². The summed E-state index contributed by atoms with van der Waals surface area (Å²) in [5.74, 6) is 0.768. The molecule has 3 aromatic heterocycles. The van der Waals surface area contributed by atoms with Crippen LogP contribution < -0.4 is 0 Å². The Morgan fingerprint density at radius 2 is 2.20 bits per heavy atom. The van der Waals surface area contributed by atoms with Crippen LogP contribution in [0.1, 0.15) is 0 Å². The number of nitrogens with one attached hydrogen (secondary N) is 2. The van der Waals surface area contributed by atoms with Crippen molar-refractivity contribution < 1.29 is 0 Å². The Morgan fingerprint density at radius 1 is 1.27 bits per heavy atom. The van der Waals surface area contributed by atoms with Gasteiger partial charge in [-0.2, -0.15) is 0 Å². The van der Waals surface area contributed by atoms with Crippen LogP contribution in [0.15, 0.2) is 30.6 Å². The van der Waals surface area contributed by atoms with Gasteiger partial charge in [-0.15, -0.1) is 0 Å². The highest BCUT2D eigenvalue weighted by molar-refractivity contribution is 6.33. The third kappa shape index (κ3) is 1.30. The second kappa shape index (κ2) is 3.10. The van der Waals surface area contributed by atoms with Crippen LogP contribution in [0.25, 0.3) is 22.6 Å². The lowest BCUT2D eigenvalue weighted by atomic mass is 10.4. The van der Waals surface area contributed by atoms with E-state index in [9.17, 15) is 0 Å². The predicted octanol–water partition coefficient (Wildman–Crippen LogP) is 2.61. The van der Waals surface area contributed by atoms with Gasteiger partial charge in [0.05, 0.1) is 11.2 Å². The maximum absolute atomic E-state index is 5.93. The Labute approximate surface area is 90.3 Å². The smallest absolute Gasteiger partial charge is 0.156 e. The number of aromatic amines is 2. The Morgan fingerprint density at radius 3 is 2.93 bits per heavy atom. The lowest BCUT2D eigenvalue weighted by molar-refractivity contribution is 1.27. The van der Waals surface area contributed by atoms with Crippen LogP contribution in [0.3, 0.4) is 0 Å². The van der Waals surface area contributed by atoms with Crippen LogP contribution in [-0.2, 0) is 0 Å². The maximum Gasteiger partial charge on any atom is 0.156 e. The summed E-state index contributed by atoms with van der Waals surface area (Å²) in [7, 11) is 0. The van der Waals surface area contributed by atoms with Gasteiger partial charge in [-0.1, -0.05) is 11.6 Å². The van der Waals surface area contributed by atoms with Gasteiger partial charge in [0.2, 0.25) is 0 Å². The summed E-state index contributed by atoms with van der Waals surface area (Å²) in [6, 6.07) is 5.71. The molecule has 0 spiro atoms. The highest BCUT2D eigenvalue weighted by Crippen LogP contribution is 2.22. The van der Waals surface area contributed by atoms with Crippen molar-refractivity contribution in [3.8, 4) is 11.5 Å². The number of nitrogens with zero attached hydrogens (tertiary/aromatic N) is 2. The van der Waals surface area contributed by atoms with Gasteiger partial charge in [0.1, 0.15) is 5.52 Å². The zero-order chi connectivity index (χ0) is 10.3. The highest BCUT2D eigenvalue weighted by atomic mass is 35.5. The zero-order valence-corrected chi connectivity index (χ0v) is 8.42. The van der Waals surface area contributed by atoms with E-state index in [0.29, 0.717) is 10.7 Å². The molecule has 0 fully saturated rings. The molecule has 0 unspecified atom stereocenters. The first-order valence-electron chi connectivity index (χ1n) is 4.48. The number of hydrogen-bond donors (Lipinski definition) is 2. The maximum atomic E-state index is 5.93. The molecule has 15 heavy (non-hydrogen) atoms. The molecule has 74 valence electrons. The molecule has 0 aromatic carbocycles. The molecule has 5 heteroatoms. The van der Waals surface area contributed by atoms with Crippen molar-refractivity contribution in [3.63, 3.8) is 0 Å². The summed E-state index contributed by atoms with van der Waals surface area (Å²) in [5.41, 5.74) is 2.52. The molecular weight excluding hydrogens is 212 g/mol. The van der Waals surface area contributed by atoms with Crippen LogP contribution >= 0.6 is 11.6 Å². The number of H-pyrrole nitrogens is 2. The van der Waals surface area contributed by atoms with Crippen molar-refractivity contribution in [1.82, 2.24) is 19.9 Å². The SMILES string of the molecule is Clc1nccc2[nH]c(-c3ccc[nH]3)nc12. The minimum absolute atomic E-state index is 0.418. The predicted molar refractivity (Wildman–Crippen MR) is 58.7 cm³/mol. The van der Waals surface area contributed by atoms with Gasteiger partial charge in [0.15, 0.2) is 11.0 Å². The van der Waals surface area contributed by atoms with Crippen molar-refractivity contribution in [3.05, 3.63) is 35.7 Å². The van der Waals surface area contributed by atoms with E-state index >= 15 is 0 Å². The summed E-state index contributed by atoms with van der Waals surface area (Å²) in [6.07, 6.45) is 3.50. The van der Waals surface area contributed by atoms with Gasteiger partial charge in [0, 0.05) is 12.4 Å². The average Bonchev–Trinajstić information content (AvgIpc) is 2.86. The normalized spacial score (nSPS) is 11.0. The van der Waals surface area contributed by atoms with E-state index < -0.39 is 0 Å². The highest BCUT2D eigenvalue weighted by Gasteiger charge is 2.08. The molecule has 0 aliphatic carbocycles. The molecule has 3 heterocycles. The Balaban J connectivity index is 2.27. The van der Waals surface area contributed by atoms with Gasteiger partial charge in [-0.3, -0.25) is 0 Å². The van der Waals surface area contributed by atoms with Crippen LogP contribution in [0, 0.1) is 0 Å². The van der Waals surface area contributed by atoms with E-state index in [1.165, 1.54) is 0 Å². The van der Waals surface area contributed by atoms with E-state index in [0.717, 1.165) is 17.0 Å². The zero-order valence-electron chi connectivity index (χ0n) is 7.66. The molecule has 0 saturated heterocycles. The molecule has 0 bridgehead atoms. The summed E-state index contributed by atoms with van der Waals surface area (Å²) >= 11 is 5.93. The number of aromatic nitrogens is 4. The summed E-state index contributed by atoms with van der Waals surface area (Å²) in [4.78, 5) is 14.6. The van der Waals surface area contributed by atoms with Gasteiger partial charge in [-0.05, 0) is 18.2 Å². The van der Waals surface area contributed by atoms with Crippen molar-refractivity contribution in [2.75, 3.05) is 0 Å². The minimum atomic E-state index is 0.418. The molecule has 2 N–H and O–H groups in total. The first-order chi connectivity index (χ1) is 7.34. The number of pyridine rings is 1. The minimum Gasteiger partial charge on any atom is -0.359 e.